The zero-order valence-electron chi connectivity index (χ0n) is 26.5. The van der Waals surface area contributed by atoms with E-state index < -0.39 is 5.97 Å². The van der Waals surface area contributed by atoms with E-state index in [2.05, 4.69) is 58.4 Å². The summed E-state index contributed by atoms with van der Waals surface area (Å²) in [7, 11) is 0. The molecule has 5 heterocycles. The number of thiophene rings is 2. The second-order valence-electron chi connectivity index (χ2n) is 11.5. The topological polar surface area (TPSA) is 78.8 Å². The molecular weight excluding hydrogens is 669 g/mol. The fourth-order valence-corrected chi connectivity index (χ4v) is 8.55. The predicted molar refractivity (Wildman–Crippen MR) is 197 cm³/mol. The number of anilines is 3. The average molecular weight is 697 g/mol. The number of fused-ring (bicyclic) bond motifs is 2. The minimum atomic E-state index is -0.515. The number of cyclic esters (lactones) is 1. The number of nitrogens with zero attached hydrogens (tertiary/aromatic N) is 2. The van der Waals surface area contributed by atoms with Crippen molar-refractivity contribution in [2.75, 3.05) is 31.3 Å². The third kappa shape index (κ3) is 5.48. The van der Waals surface area contributed by atoms with E-state index in [9.17, 15) is 4.79 Å². The molecule has 0 unspecified atom stereocenters. The van der Waals surface area contributed by atoms with Gasteiger partial charge in [0, 0.05) is 22.6 Å². The van der Waals surface area contributed by atoms with Crippen LogP contribution in [0.5, 0.6) is 23.0 Å². The number of aliphatic imine (C=N–C) groups is 1. The number of benzene rings is 4. The standard InChI is InChI=1S/C40H28N2O6S2/c43-40-30(41-39(48-40)26-10-4-1-5-11-26)24-31-32-33(45-21-20-44-32)37(49-31)38-35-34(46-22-23-47-35)36(50-38)25-16-18-29(19-17-25)42(27-12-6-2-7-13-27)28-14-8-3-9-15-28/h1-19,24H,20-23H2/b30-24-. The van der Waals surface area contributed by atoms with E-state index >= 15 is 0 Å². The monoisotopic (exact) mass is 696 g/mol. The average Bonchev–Trinajstić information content (AvgIpc) is 3.86. The maximum absolute atomic E-state index is 12.9. The molecule has 10 heteroatoms. The highest BCUT2D eigenvalue weighted by Crippen LogP contribution is 2.60. The van der Waals surface area contributed by atoms with Crippen LogP contribution >= 0.6 is 22.7 Å². The van der Waals surface area contributed by atoms with Crippen molar-refractivity contribution in [1.82, 2.24) is 0 Å². The summed E-state index contributed by atoms with van der Waals surface area (Å²) in [4.78, 5) is 23.0. The van der Waals surface area contributed by atoms with Gasteiger partial charge in [0.15, 0.2) is 28.7 Å². The molecule has 0 spiro atoms. The van der Waals surface area contributed by atoms with E-state index in [0.717, 1.165) is 42.8 Å². The molecular formula is C40H28N2O6S2. The number of para-hydroxylation sites is 2. The summed E-state index contributed by atoms with van der Waals surface area (Å²) < 4.78 is 30.4. The number of carbonyl (C=O) groups is 1. The van der Waals surface area contributed by atoms with Gasteiger partial charge in [-0.2, -0.15) is 0 Å². The molecule has 3 aliphatic heterocycles. The van der Waals surface area contributed by atoms with Crippen LogP contribution in [0.25, 0.3) is 26.3 Å². The third-order valence-corrected chi connectivity index (χ3v) is 10.8. The first-order valence-electron chi connectivity index (χ1n) is 16.1. The van der Waals surface area contributed by atoms with Gasteiger partial charge >= 0.3 is 5.97 Å². The highest BCUT2D eigenvalue weighted by atomic mass is 32.1. The maximum atomic E-state index is 12.9. The van der Waals surface area contributed by atoms with Crippen LogP contribution in [-0.2, 0) is 9.53 Å². The van der Waals surface area contributed by atoms with Gasteiger partial charge < -0.3 is 28.6 Å². The van der Waals surface area contributed by atoms with Crippen molar-refractivity contribution in [2.45, 2.75) is 0 Å². The highest BCUT2D eigenvalue weighted by molar-refractivity contribution is 7.25. The first-order chi connectivity index (χ1) is 24.7. The summed E-state index contributed by atoms with van der Waals surface area (Å²) in [6.07, 6.45) is 1.71. The van der Waals surface area contributed by atoms with Gasteiger partial charge in [-0.15, -0.1) is 22.7 Å². The van der Waals surface area contributed by atoms with Gasteiger partial charge in [-0.1, -0.05) is 66.7 Å². The fourth-order valence-electron chi connectivity index (χ4n) is 6.11. The lowest BCUT2D eigenvalue weighted by Gasteiger charge is -2.25. The van der Waals surface area contributed by atoms with Crippen LogP contribution in [0.3, 0.4) is 0 Å². The summed E-state index contributed by atoms with van der Waals surface area (Å²) in [6.45, 7) is 1.69. The molecule has 0 aliphatic carbocycles. The van der Waals surface area contributed by atoms with Gasteiger partial charge in [0.2, 0.25) is 5.90 Å². The predicted octanol–water partition coefficient (Wildman–Crippen LogP) is 9.50. The Balaban J connectivity index is 1.10. The van der Waals surface area contributed by atoms with Gasteiger partial charge in [0.25, 0.3) is 0 Å². The first kappa shape index (κ1) is 30.2. The van der Waals surface area contributed by atoms with Crippen molar-refractivity contribution in [1.29, 1.82) is 0 Å². The molecule has 3 aliphatic rings. The van der Waals surface area contributed by atoms with Crippen molar-refractivity contribution in [3.63, 3.8) is 0 Å². The first-order valence-corrected chi connectivity index (χ1v) is 17.8. The molecule has 0 saturated heterocycles. The molecule has 246 valence electrons. The molecule has 9 rings (SSSR count). The quantitative estimate of drug-likeness (QED) is 0.122. The van der Waals surface area contributed by atoms with Gasteiger partial charge in [0.05, 0.1) is 19.5 Å². The van der Waals surface area contributed by atoms with Crippen LogP contribution in [0, 0.1) is 0 Å². The summed E-state index contributed by atoms with van der Waals surface area (Å²) in [5, 5.41) is 0. The molecule has 2 aromatic heterocycles. The highest BCUT2D eigenvalue weighted by Gasteiger charge is 2.34. The zero-order chi connectivity index (χ0) is 33.4. The van der Waals surface area contributed by atoms with Crippen molar-refractivity contribution < 1.29 is 28.5 Å². The Morgan fingerprint density at radius 1 is 0.540 bits per heavy atom. The number of rotatable bonds is 7. The molecule has 0 bridgehead atoms. The number of ether oxygens (including phenoxy) is 5. The van der Waals surface area contributed by atoms with Crippen molar-refractivity contribution in [3.8, 4) is 43.2 Å². The summed E-state index contributed by atoms with van der Waals surface area (Å²) in [5.41, 5.74) is 5.11. The Morgan fingerprint density at radius 2 is 1.04 bits per heavy atom. The van der Waals surface area contributed by atoms with Crippen molar-refractivity contribution in [3.05, 3.63) is 131 Å². The number of hydrogen-bond acceptors (Lipinski definition) is 10. The lowest BCUT2D eigenvalue weighted by molar-refractivity contribution is -0.129. The largest absolute Gasteiger partial charge is 0.485 e. The molecule has 0 fully saturated rings. The Kier molecular flexibility index (Phi) is 7.79. The van der Waals surface area contributed by atoms with E-state index in [-0.39, 0.29) is 11.6 Å². The molecule has 6 aromatic rings. The van der Waals surface area contributed by atoms with Gasteiger partial charge in [-0.3, -0.25) is 0 Å². The van der Waals surface area contributed by atoms with E-state index in [1.54, 1.807) is 17.4 Å². The van der Waals surface area contributed by atoms with Gasteiger partial charge in [-0.25, -0.2) is 9.79 Å². The van der Waals surface area contributed by atoms with E-state index in [0.29, 0.717) is 54.3 Å². The van der Waals surface area contributed by atoms with Gasteiger partial charge in [-0.05, 0) is 60.2 Å². The molecule has 50 heavy (non-hydrogen) atoms. The Morgan fingerprint density at radius 3 is 1.66 bits per heavy atom. The van der Waals surface area contributed by atoms with Crippen LogP contribution in [-0.4, -0.2) is 38.3 Å². The van der Waals surface area contributed by atoms with Crippen LogP contribution in [0.15, 0.2) is 126 Å². The SMILES string of the molecule is O=C1OC(c2ccccc2)=N/C1=C\c1sc(-c2sc(-c3ccc(N(c4ccccc4)c4ccccc4)cc3)c3c2OCCO3)c2c1OCCO2. The van der Waals surface area contributed by atoms with Crippen LogP contribution in [0.2, 0.25) is 0 Å². The van der Waals surface area contributed by atoms with Crippen LogP contribution in [0.1, 0.15) is 10.4 Å². The molecule has 0 radical (unpaired) electrons. The lowest BCUT2D eigenvalue weighted by atomic mass is 10.1. The Hall–Kier alpha value is -5.84. The van der Waals surface area contributed by atoms with Crippen LogP contribution < -0.4 is 23.8 Å². The Bertz CT molecular complexity index is 2220. The van der Waals surface area contributed by atoms with Gasteiger partial charge in [0.1, 0.15) is 26.4 Å². The second kappa shape index (κ2) is 12.9. The smallest absolute Gasteiger partial charge is 0.363 e. The minimum absolute atomic E-state index is 0.197. The Labute approximate surface area is 296 Å². The molecule has 4 aromatic carbocycles. The zero-order valence-corrected chi connectivity index (χ0v) is 28.2. The van der Waals surface area contributed by atoms with Crippen molar-refractivity contribution >= 4 is 57.7 Å². The number of hydrogen-bond donors (Lipinski definition) is 0. The molecule has 0 atom stereocenters. The maximum Gasteiger partial charge on any atom is 0.363 e. The third-order valence-electron chi connectivity index (χ3n) is 8.36. The summed E-state index contributed by atoms with van der Waals surface area (Å²) in [6, 6.07) is 38.5. The lowest BCUT2D eigenvalue weighted by Crippen LogP contribution is -2.15. The minimum Gasteiger partial charge on any atom is -0.485 e. The number of esters is 1. The van der Waals surface area contributed by atoms with E-state index in [1.165, 1.54) is 11.3 Å². The molecule has 0 saturated carbocycles. The molecule has 8 nitrogen and oxygen atoms in total. The second-order valence-corrected chi connectivity index (χ2v) is 13.6. The van der Waals surface area contributed by atoms with Crippen LogP contribution in [0.4, 0.5) is 17.1 Å². The van der Waals surface area contributed by atoms with E-state index in [1.807, 2.05) is 66.7 Å². The normalized spacial score (nSPS) is 15.5. The molecule has 0 amide bonds. The molecule has 0 N–H and O–H groups in total. The van der Waals surface area contributed by atoms with E-state index in [4.69, 9.17) is 23.7 Å². The fraction of sp³-hybridized carbons (Fsp3) is 0.100. The summed E-state index contributed by atoms with van der Waals surface area (Å²) in [5.74, 6) is 2.34. The number of carbonyl (C=O) groups excluding carboxylic acids is 1. The van der Waals surface area contributed by atoms with Crippen molar-refractivity contribution in [2.24, 2.45) is 4.99 Å². The summed E-state index contributed by atoms with van der Waals surface area (Å²) >= 11 is 3.05.